The van der Waals surface area contributed by atoms with E-state index in [1.165, 1.54) is 31.3 Å². The SMILES string of the molecule is CC(C)NC(=O)COC(=O)c1ccccc1NCCC1=CCCCC1. The Morgan fingerprint density at radius 3 is 2.72 bits per heavy atom. The van der Waals surface area contributed by atoms with Crippen LogP contribution in [-0.2, 0) is 9.53 Å². The first kappa shape index (κ1) is 19.0. The monoisotopic (exact) mass is 344 g/mol. The smallest absolute Gasteiger partial charge is 0.340 e. The highest BCUT2D eigenvalue weighted by Gasteiger charge is 2.14. The number of ether oxygens (including phenoxy) is 1. The number of carbonyl (C=O) groups excluding carboxylic acids is 2. The second-order valence-corrected chi connectivity index (χ2v) is 6.63. The number of esters is 1. The second-order valence-electron chi connectivity index (χ2n) is 6.63. The van der Waals surface area contributed by atoms with Gasteiger partial charge < -0.3 is 15.4 Å². The number of anilines is 1. The second kappa shape index (κ2) is 9.87. The molecule has 0 spiro atoms. The van der Waals surface area contributed by atoms with E-state index in [9.17, 15) is 9.59 Å². The first-order valence-electron chi connectivity index (χ1n) is 9.03. The molecule has 5 nitrogen and oxygen atoms in total. The van der Waals surface area contributed by atoms with Crippen molar-refractivity contribution in [1.29, 1.82) is 0 Å². The lowest BCUT2D eigenvalue weighted by Crippen LogP contribution is -2.34. The van der Waals surface area contributed by atoms with Crippen LogP contribution in [0.4, 0.5) is 5.69 Å². The van der Waals surface area contributed by atoms with Gasteiger partial charge in [0.15, 0.2) is 6.61 Å². The summed E-state index contributed by atoms with van der Waals surface area (Å²) >= 11 is 0. The van der Waals surface area contributed by atoms with Gasteiger partial charge in [-0.25, -0.2) is 4.79 Å². The number of amides is 1. The molecule has 0 saturated carbocycles. The van der Waals surface area contributed by atoms with Crippen molar-refractivity contribution in [3.63, 3.8) is 0 Å². The Morgan fingerprint density at radius 2 is 2.00 bits per heavy atom. The maximum Gasteiger partial charge on any atom is 0.340 e. The van der Waals surface area contributed by atoms with Gasteiger partial charge in [-0.2, -0.15) is 0 Å². The van der Waals surface area contributed by atoms with Gasteiger partial charge in [0, 0.05) is 18.3 Å². The highest BCUT2D eigenvalue weighted by molar-refractivity contribution is 5.96. The molecule has 0 heterocycles. The average Bonchev–Trinajstić information content (AvgIpc) is 2.60. The van der Waals surface area contributed by atoms with Crippen molar-refractivity contribution in [2.45, 2.75) is 52.0 Å². The van der Waals surface area contributed by atoms with Crippen LogP contribution in [0.1, 0.15) is 56.3 Å². The molecule has 0 aromatic heterocycles. The van der Waals surface area contributed by atoms with Gasteiger partial charge in [-0.15, -0.1) is 0 Å². The number of carbonyl (C=O) groups is 2. The summed E-state index contributed by atoms with van der Waals surface area (Å²) in [4.78, 5) is 23.9. The summed E-state index contributed by atoms with van der Waals surface area (Å²) in [6, 6.07) is 7.27. The molecule has 2 N–H and O–H groups in total. The van der Waals surface area contributed by atoms with Crippen molar-refractivity contribution in [2.24, 2.45) is 0 Å². The number of rotatable bonds is 8. The Morgan fingerprint density at radius 1 is 1.20 bits per heavy atom. The van der Waals surface area contributed by atoms with E-state index in [0.717, 1.165) is 18.7 Å². The highest BCUT2D eigenvalue weighted by atomic mass is 16.5. The van der Waals surface area contributed by atoms with E-state index in [4.69, 9.17) is 4.74 Å². The summed E-state index contributed by atoms with van der Waals surface area (Å²) in [5.41, 5.74) is 2.69. The quantitative estimate of drug-likeness (QED) is 0.558. The Balaban J connectivity index is 1.87. The molecule has 1 aliphatic carbocycles. The van der Waals surface area contributed by atoms with Crippen molar-refractivity contribution in [3.8, 4) is 0 Å². The Hall–Kier alpha value is -2.30. The van der Waals surface area contributed by atoms with E-state index >= 15 is 0 Å². The van der Waals surface area contributed by atoms with Crippen LogP contribution in [-0.4, -0.2) is 31.1 Å². The van der Waals surface area contributed by atoms with Crippen LogP contribution < -0.4 is 10.6 Å². The Labute approximate surface area is 149 Å². The molecule has 136 valence electrons. The molecule has 5 heteroatoms. The molecule has 1 aliphatic rings. The first-order valence-corrected chi connectivity index (χ1v) is 9.03. The number of hydrogen-bond acceptors (Lipinski definition) is 4. The molecular formula is C20H28N2O3. The fourth-order valence-electron chi connectivity index (χ4n) is 2.88. The average molecular weight is 344 g/mol. The third-order valence-electron chi connectivity index (χ3n) is 4.08. The molecule has 1 aromatic carbocycles. The normalized spacial score (nSPS) is 14.0. The van der Waals surface area contributed by atoms with E-state index < -0.39 is 5.97 Å². The lowest BCUT2D eigenvalue weighted by Gasteiger charge is -2.15. The minimum atomic E-state index is -0.487. The highest BCUT2D eigenvalue weighted by Crippen LogP contribution is 2.21. The zero-order valence-electron chi connectivity index (χ0n) is 15.1. The molecule has 1 amide bonds. The van der Waals surface area contributed by atoms with Gasteiger partial charge in [-0.1, -0.05) is 23.8 Å². The molecule has 0 fully saturated rings. The number of para-hydroxylation sites is 1. The number of hydrogen-bond donors (Lipinski definition) is 2. The van der Waals surface area contributed by atoms with Crippen LogP contribution in [0.15, 0.2) is 35.9 Å². The molecule has 0 bridgehead atoms. The molecule has 0 unspecified atom stereocenters. The van der Waals surface area contributed by atoms with Crippen molar-refractivity contribution in [2.75, 3.05) is 18.5 Å². The van der Waals surface area contributed by atoms with Crippen molar-refractivity contribution < 1.29 is 14.3 Å². The third-order valence-corrected chi connectivity index (χ3v) is 4.08. The summed E-state index contributed by atoms with van der Waals surface area (Å²) in [5, 5.41) is 6.02. The topological polar surface area (TPSA) is 67.4 Å². The first-order chi connectivity index (χ1) is 12.1. The van der Waals surface area contributed by atoms with Crippen LogP contribution >= 0.6 is 0 Å². The molecule has 1 aromatic rings. The molecule has 0 aliphatic heterocycles. The van der Waals surface area contributed by atoms with Crippen molar-refractivity contribution in [1.82, 2.24) is 5.32 Å². The predicted octanol–water partition coefficient (Wildman–Crippen LogP) is 3.67. The van der Waals surface area contributed by atoms with Gasteiger partial charge in [-0.05, 0) is 58.1 Å². The van der Waals surface area contributed by atoms with E-state index in [2.05, 4.69) is 16.7 Å². The zero-order valence-corrected chi connectivity index (χ0v) is 15.1. The maximum atomic E-state index is 12.3. The van der Waals surface area contributed by atoms with Gasteiger partial charge in [0.2, 0.25) is 0 Å². The van der Waals surface area contributed by atoms with Gasteiger partial charge in [0.1, 0.15) is 0 Å². The lowest BCUT2D eigenvalue weighted by molar-refractivity contribution is -0.124. The zero-order chi connectivity index (χ0) is 18.1. The predicted molar refractivity (Wildman–Crippen MR) is 99.7 cm³/mol. The lowest BCUT2D eigenvalue weighted by atomic mass is 9.97. The third kappa shape index (κ3) is 6.61. The summed E-state index contributed by atoms with van der Waals surface area (Å²) in [7, 11) is 0. The molecular weight excluding hydrogens is 316 g/mol. The standard InChI is InChI=1S/C20H28N2O3/c1-15(2)22-19(23)14-25-20(24)17-10-6-7-11-18(17)21-13-12-16-8-4-3-5-9-16/h6-8,10-11,15,21H,3-5,9,12-14H2,1-2H3,(H,22,23). The number of nitrogens with one attached hydrogen (secondary N) is 2. The number of allylic oxidation sites excluding steroid dienone is 1. The minimum absolute atomic E-state index is 0.0225. The van der Waals surface area contributed by atoms with E-state index in [0.29, 0.717) is 5.56 Å². The molecule has 0 atom stereocenters. The van der Waals surface area contributed by atoms with Crippen LogP contribution in [0, 0.1) is 0 Å². The fourth-order valence-corrected chi connectivity index (χ4v) is 2.88. The fraction of sp³-hybridized carbons (Fsp3) is 0.500. The van der Waals surface area contributed by atoms with E-state index in [-0.39, 0.29) is 18.6 Å². The Kier molecular flexibility index (Phi) is 7.51. The summed E-state index contributed by atoms with van der Waals surface area (Å²) in [6.45, 7) is 4.24. The van der Waals surface area contributed by atoms with Crippen LogP contribution in [0.25, 0.3) is 0 Å². The van der Waals surface area contributed by atoms with Crippen LogP contribution in [0.3, 0.4) is 0 Å². The van der Waals surface area contributed by atoms with E-state index in [1.807, 2.05) is 26.0 Å². The molecule has 2 rings (SSSR count). The van der Waals surface area contributed by atoms with Gasteiger partial charge in [-0.3, -0.25) is 4.79 Å². The van der Waals surface area contributed by atoms with Crippen LogP contribution in [0.5, 0.6) is 0 Å². The van der Waals surface area contributed by atoms with Gasteiger partial charge >= 0.3 is 5.97 Å². The van der Waals surface area contributed by atoms with Crippen molar-refractivity contribution >= 4 is 17.6 Å². The summed E-state index contributed by atoms with van der Waals surface area (Å²) in [5.74, 6) is -0.781. The summed E-state index contributed by atoms with van der Waals surface area (Å²) in [6.07, 6.45) is 8.23. The minimum Gasteiger partial charge on any atom is -0.452 e. The molecule has 0 radical (unpaired) electrons. The van der Waals surface area contributed by atoms with E-state index in [1.54, 1.807) is 12.1 Å². The number of benzene rings is 1. The van der Waals surface area contributed by atoms with Gasteiger partial charge in [0.25, 0.3) is 5.91 Å². The maximum absolute atomic E-state index is 12.3. The Bertz CT molecular complexity index is 623. The largest absolute Gasteiger partial charge is 0.452 e. The molecule has 0 saturated heterocycles. The molecule has 25 heavy (non-hydrogen) atoms. The van der Waals surface area contributed by atoms with Crippen molar-refractivity contribution in [3.05, 3.63) is 41.5 Å². The summed E-state index contributed by atoms with van der Waals surface area (Å²) < 4.78 is 5.13. The van der Waals surface area contributed by atoms with Crippen LogP contribution in [0.2, 0.25) is 0 Å². The van der Waals surface area contributed by atoms with Gasteiger partial charge in [0.05, 0.1) is 5.56 Å².